The third-order valence-corrected chi connectivity index (χ3v) is 6.70. The van der Waals surface area contributed by atoms with Crippen molar-refractivity contribution in [1.29, 1.82) is 0 Å². The van der Waals surface area contributed by atoms with Gasteiger partial charge in [0.05, 0.1) is 6.04 Å². The summed E-state index contributed by atoms with van der Waals surface area (Å²) >= 11 is 0. The van der Waals surface area contributed by atoms with Gasteiger partial charge < -0.3 is 24.6 Å². The summed E-state index contributed by atoms with van der Waals surface area (Å²) < 4.78 is 8.07. The highest BCUT2D eigenvalue weighted by Crippen LogP contribution is 2.36. The number of nitrogens with one attached hydrogen (secondary N) is 1. The lowest BCUT2D eigenvalue weighted by atomic mass is 9.84. The van der Waals surface area contributed by atoms with Gasteiger partial charge in [-0.15, -0.1) is 0 Å². The predicted molar refractivity (Wildman–Crippen MR) is 122 cm³/mol. The van der Waals surface area contributed by atoms with Crippen LogP contribution in [0.25, 0.3) is 11.2 Å². The first-order chi connectivity index (χ1) is 15.7. The molecule has 0 spiro atoms. The second-order valence-corrected chi connectivity index (χ2v) is 10.1. The number of aromatic nitrogens is 4. The third-order valence-electron chi connectivity index (χ3n) is 6.70. The standard InChI is InChI=1S/C23H34N6O4/c1-5-28-18-16(27-19(28)20(30)26-14-9-7-6-8-10-14)21(25-13-24-18)33-15-11-12-29(22(31)32)17(15)23(2,3)4/h13-15,17H,5-12H2,1-4H3,(H,26,30)(H,31,32). The van der Waals surface area contributed by atoms with Crippen LogP contribution in [0.5, 0.6) is 5.88 Å². The number of nitrogens with zero attached hydrogens (tertiary/aromatic N) is 5. The zero-order valence-corrected chi connectivity index (χ0v) is 19.9. The second-order valence-electron chi connectivity index (χ2n) is 10.1. The van der Waals surface area contributed by atoms with Crippen LogP contribution in [0.2, 0.25) is 0 Å². The topological polar surface area (TPSA) is 122 Å². The molecule has 3 heterocycles. The van der Waals surface area contributed by atoms with Crippen LogP contribution in [-0.4, -0.2) is 66.3 Å². The summed E-state index contributed by atoms with van der Waals surface area (Å²) in [5.74, 6) is 0.373. The fraction of sp³-hybridized carbons (Fsp3) is 0.696. The van der Waals surface area contributed by atoms with Crippen molar-refractivity contribution in [1.82, 2.24) is 29.7 Å². The van der Waals surface area contributed by atoms with Crippen LogP contribution >= 0.6 is 0 Å². The Morgan fingerprint density at radius 3 is 2.55 bits per heavy atom. The number of carboxylic acid groups (broad SMARTS) is 1. The monoisotopic (exact) mass is 458 g/mol. The van der Waals surface area contributed by atoms with Crippen LogP contribution in [-0.2, 0) is 6.54 Å². The maximum Gasteiger partial charge on any atom is 0.407 e. The van der Waals surface area contributed by atoms with Gasteiger partial charge >= 0.3 is 6.09 Å². The molecule has 2 unspecified atom stereocenters. The molecule has 0 bridgehead atoms. The molecule has 1 aliphatic carbocycles. The van der Waals surface area contributed by atoms with Crippen LogP contribution in [0, 0.1) is 5.41 Å². The first-order valence-corrected chi connectivity index (χ1v) is 11.9. The van der Waals surface area contributed by atoms with E-state index in [-0.39, 0.29) is 35.4 Å². The molecule has 10 nitrogen and oxygen atoms in total. The Kier molecular flexibility index (Phi) is 6.45. The van der Waals surface area contributed by atoms with Gasteiger partial charge in [-0.3, -0.25) is 4.79 Å². The Bertz CT molecular complexity index is 1020. The molecule has 10 heteroatoms. The van der Waals surface area contributed by atoms with E-state index >= 15 is 0 Å². The Morgan fingerprint density at radius 2 is 1.91 bits per heavy atom. The molecule has 2 fully saturated rings. The zero-order chi connectivity index (χ0) is 23.8. The van der Waals surface area contributed by atoms with Crippen molar-refractivity contribution >= 4 is 23.2 Å². The molecule has 2 N–H and O–H groups in total. The van der Waals surface area contributed by atoms with Crippen molar-refractivity contribution in [3.8, 4) is 5.88 Å². The lowest BCUT2D eigenvalue weighted by molar-refractivity contribution is 0.0558. The highest BCUT2D eigenvalue weighted by atomic mass is 16.5. The number of amides is 2. The molecule has 2 aliphatic rings. The van der Waals surface area contributed by atoms with Gasteiger partial charge in [0.1, 0.15) is 12.4 Å². The molecule has 4 rings (SSSR count). The lowest BCUT2D eigenvalue weighted by Crippen LogP contribution is -2.48. The number of imidazole rings is 1. The Labute approximate surface area is 193 Å². The molecule has 1 saturated carbocycles. The second kappa shape index (κ2) is 9.15. The number of carbonyl (C=O) groups is 2. The number of aryl methyl sites for hydroxylation is 1. The molecule has 180 valence electrons. The number of carbonyl (C=O) groups excluding carboxylic acids is 1. The summed E-state index contributed by atoms with van der Waals surface area (Å²) in [5.41, 5.74) is 0.644. The fourth-order valence-electron chi connectivity index (χ4n) is 5.24. The number of ether oxygens (including phenoxy) is 1. The minimum Gasteiger partial charge on any atom is -0.470 e. The third kappa shape index (κ3) is 4.60. The van der Waals surface area contributed by atoms with Crippen molar-refractivity contribution in [3.05, 3.63) is 12.2 Å². The molecule has 1 aliphatic heterocycles. The highest BCUT2D eigenvalue weighted by Gasteiger charge is 2.46. The average molecular weight is 459 g/mol. The molecule has 2 amide bonds. The number of likely N-dealkylation sites (tertiary alicyclic amines) is 1. The smallest absolute Gasteiger partial charge is 0.407 e. The van der Waals surface area contributed by atoms with Crippen molar-refractivity contribution in [2.24, 2.45) is 5.41 Å². The lowest BCUT2D eigenvalue weighted by Gasteiger charge is -2.36. The minimum absolute atomic E-state index is 0.172. The maximum atomic E-state index is 13.1. The summed E-state index contributed by atoms with van der Waals surface area (Å²) in [6.45, 7) is 8.88. The number of hydrogen-bond donors (Lipinski definition) is 2. The fourth-order valence-corrected chi connectivity index (χ4v) is 5.24. The largest absolute Gasteiger partial charge is 0.470 e. The van der Waals surface area contributed by atoms with Gasteiger partial charge in [0.15, 0.2) is 11.2 Å². The normalized spacial score (nSPS) is 22.0. The molecule has 2 aromatic rings. The summed E-state index contributed by atoms with van der Waals surface area (Å²) in [7, 11) is 0. The van der Waals surface area contributed by atoms with Gasteiger partial charge in [0, 0.05) is 25.6 Å². The molecular weight excluding hydrogens is 424 g/mol. The first-order valence-electron chi connectivity index (χ1n) is 11.9. The Balaban J connectivity index is 1.64. The van der Waals surface area contributed by atoms with Crippen molar-refractivity contribution < 1.29 is 19.4 Å². The molecular formula is C23H34N6O4. The summed E-state index contributed by atoms with van der Waals surface area (Å²) in [6, 6.07) is -0.159. The van der Waals surface area contributed by atoms with Gasteiger partial charge in [-0.05, 0) is 25.2 Å². The van der Waals surface area contributed by atoms with E-state index in [9.17, 15) is 14.7 Å². The maximum absolute atomic E-state index is 13.1. The van der Waals surface area contributed by atoms with Crippen LogP contribution in [0.4, 0.5) is 4.79 Å². The van der Waals surface area contributed by atoms with E-state index in [2.05, 4.69) is 20.3 Å². The highest BCUT2D eigenvalue weighted by molar-refractivity contribution is 5.95. The first kappa shape index (κ1) is 23.3. The molecule has 0 aromatic carbocycles. The molecule has 33 heavy (non-hydrogen) atoms. The van der Waals surface area contributed by atoms with E-state index in [1.165, 1.54) is 17.6 Å². The number of rotatable bonds is 5. The zero-order valence-electron chi connectivity index (χ0n) is 19.9. The van der Waals surface area contributed by atoms with Crippen molar-refractivity contribution in [3.63, 3.8) is 0 Å². The molecule has 2 aromatic heterocycles. The van der Waals surface area contributed by atoms with E-state index in [0.717, 1.165) is 25.7 Å². The SMILES string of the molecule is CCn1c(C(=O)NC2CCCCC2)nc2c(OC3CCN(C(=O)O)C3C(C)(C)C)ncnc21. The van der Waals surface area contributed by atoms with E-state index in [1.54, 1.807) is 4.57 Å². The van der Waals surface area contributed by atoms with Crippen molar-refractivity contribution in [2.75, 3.05) is 6.54 Å². The Morgan fingerprint density at radius 1 is 1.18 bits per heavy atom. The van der Waals surface area contributed by atoms with Crippen molar-refractivity contribution in [2.45, 2.75) is 91.0 Å². The number of fused-ring (bicyclic) bond motifs is 1. The average Bonchev–Trinajstić information content (AvgIpc) is 3.36. The molecule has 0 radical (unpaired) electrons. The van der Waals surface area contributed by atoms with E-state index in [4.69, 9.17) is 4.74 Å². The van der Waals surface area contributed by atoms with E-state index in [1.807, 2.05) is 27.7 Å². The van der Waals surface area contributed by atoms with Gasteiger partial charge in [-0.1, -0.05) is 40.0 Å². The van der Waals surface area contributed by atoms with Gasteiger partial charge in [-0.25, -0.2) is 14.8 Å². The Hall–Kier alpha value is -2.91. The van der Waals surface area contributed by atoms with E-state index in [0.29, 0.717) is 36.5 Å². The van der Waals surface area contributed by atoms with Gasteiger partial charge in [-0.2, -0.15) is 4.98 Å². The van der Waals surface area contributed by atoms with Crippen LogP contribution in [0.15, 0.2) is 6.33 Å². The summed E-state index contributed by atoms with van der Waals surface area (Å²) in [6.07, 6.45) is 6.09. The van der Waals surface area contributed by atoms with Gasteiger partial charge in [0.2, 0.25) is 11.7 Å². The van der Waals surface area contributed by atoms with Gasteiger partial charge in [0.25, 0.3) is 5.91 Å². The predicted octanol–water partition coefficient (Wildman–Crippen LogP) is 3.45. The summed E-state index contributed by atoms with van der Waals surface area (Å²) in [5, 5.41) is 12.8. The quantitative estimate of drug-likeness (QED) is 0.703. The van der Waals surface area contributed by atoms with E-state index < -0.39 is 6.09 Å². The molecule has 1 saturated heterocycles. The van der Waals surface area contributed by atoms with Crippen LogP contribution in [0.1, 0.15) is 76.8 Å². The van der Waals surface area contributed by atoms with Crippen LogP contribution in [0.3, 0.4) is 0 Å². The minimum atomic E-state index is -0.953. The summed E-state index contributed by atoms with van der Waals surface area (Å²) in [4.78, 5) is 39.6. The molecule has 2 atom stereocenters. The number of hydrogen-bond acceptors (Lipinski definition) is 6. The van der Waals surface area contributed by atoms with Crippen LogP contribution < -0.4 is 10.1 Å².